The average Bonchev–Trinajstić information content (AvgIpc) is 2.37. The number of rotatable bonds is 4. The third kappa shape index (κ3) is 3.85. The highest BCUT2D eigenvalue weighted by Crippen LogP contribution is 2.35. The van der Waals surface area contributed by atoms with Gasteiger partial charge in [0.05, 0.1) is 24.9 Å². The first kappa shape index (κ1) is 14.7. The number of nitrogens with zero attached hydrogens (tertiary/aromatic N) is 1. The van der Waals surface area contributed by atoms with Crippen molar-refractivity contribution in [2.45, 2.75) is 0 Å². The molecule has 0 atom stereocenters. The molecule has 98 valence electrons. The lowest BCUT2D eigenvalue weighted by atomic mass is 10.2. The molecule has 0 bridgehead atoms. The Balaban J connectivity index is 2.91. The van der Waals surface area contributed by atoms with E-state index in [0.717, 1.165) is 10.0 Å². The highest BCUT2D eigenvalue weighted by Gasteiger charge is 2.09. The van der Waals surface area contributed by atoms with E-state index in [4.69, 9.17) is 21.7 Å². The second kappa shape index (κ2) is 7.17. The molecule has 0 radical (unpaired) electrons. The zero-order chi connectivity index (χ0) is 13.5. The van der Waals surface area contributed by atoms with Crippen LogP contribution in [0.3, 0.4) is 0 Å². The molecule has 1 rings (SSSR count). The summed E-state index contributed by atoms with van der Waals surface area (Å²) in [6.07, 6.45) is 1.64. The van der Waals surface area contributed by atoms with Crippen LogP contribution in [0.4, 0.5) is 0 Å². The fourth-order valence-corrected chi connectivity index (χ4v) is 1.91. The number of methoxy groups -OCH3 is 2. The predicted molar refractivity (Wildman–Crippen MR) is 79.6 cm³/mol. The molecular weight excluding hydrogens is 318 g/mol. The summed E-state index contributed by atoms with van der Waals surface area (Å²) in [5, 5.41) is 7.19. The number of hydrogen-bond acceptors (Lipinski definition) is 4. The number of halogens is 1. The molecular formula is C11H14BrN3O2S. The Hall–Kier alpha value is -1.34. The zero-order valence-corrected chi connectivity index (χ0v) is 12.7. The summed E-state index contributed by atoms with van der Waals surface area (Å²) in [5.74, 6) is 1.28. The maximum atomic E-state index is 5.23. The Labute approximate surface area is 120 Å². The summed E-state index contributed by atoms with van der Waals surface area (Å²) in [4.78, 5) is 0. The summed E-state index contributed by atoms with van der Waals surface area (Å²) in [5.41, 5.74) is 3.52. The summed E-state index contributed by atoms with van der Waals surface area (Å²) in [7, 11) is 4.89. The van der Waals surface area contributed by atoms with Crippen LogP contribution in [-0.4, -0.2) is 32.6 Å². The summed E-state index contributed by atoms with van der Waals surface area (Å²) in [6.45, 7) is 0. The van der Waals surface area contributed by atoms with Gasteiger partial charge in [0.2, 0.25) is 0 Å². The number of nitrogens with one attached hydrogen (secondary N) is 2. The number of ether oxygens (including phenoxy) is 2. The van der Waals surface area contributed by atoms with E-state index in [1.54, 1.807) is 27.5 Å². The van der Waals surface area contributed by atoms with Gasteiger partial charge < -0.3 is 14.8 Å². The average molecular weight is 332 g/mol. The van der Waals surface area contributed by atoms with Crippen LogP contribution < -0.4 is 20.2 Å². The lowest BCUT2D eigenvalue weighted by Gasteiger charge is -2.10. The SMILES string of the molecule is CNC(=S)NN=Cc1cc(Br)c(OC)c(OC)c1. The van der Waals surface area contributed by atoms with E-state index in [1.807, 2.05) is 12.1 Å². The van der Waals surface area contributed by atoms with Crippen molar-refractivity contribution in [3.05, 3.63) is 22.2 Å². The van der Waals surface area contributed by atoms with Gasteiger partial charge in [-0.15, -0.1) is 0 Å². The van der Waals surface area contributed by atoms with E-state index in [1.165, 1.54) is 0 Å². The third-order valence-electron chi connectivity index (χ3n) is 2.06. The highest BCUT2D eigenvalue weighted by atomic mass is 79.9. The molecule has 1 aromatic carbocycles. The molecule has 0 aliphatic rings. The molecule has 0 amide bonds. The fourth-order valence-electron chi connectivity index (χ4n) is 1.23. The first-order valence-corrected chi connectivity index (χ1v) is 6.24. The van der Waals surface area contributed by atoms with Crippen molar-refractivity contribution in [1.29, 1.82) is 0 Å². The van der Waals surface area contributed by atoms with E-state index in [9.17, 15) is 0 Å². The van der Waals surface area contributed by atoms with Gasteiger partial charge >= 0.3 is 0 Å². The number of thiocarbonyl (C=S) groups is 1. The van der Waals surface area contributed by atoms with Gasteiger partial charge in [0, 0.05) is 7.05 Å². The first-order valence-electron chi connectivity index (χ1n) is 5.04. The summed E-state index contributed by atoms with van der Waals surface area (Å²) >= 11 is 8.30. The van der Waals surface area contributed by atoms with Crippen LogP contribution >= 0.6 is 28.1 Å². The molecule has 0 heterocycles. The highest BCUT2D eigenvalue weighted by molar-refractivity contribution is 9.10. The minimum Gasteiger partial charge on any atom is -0.493 e. The molecule has 0 unspecified atom stereocenters. The topological polar surface area (TPSA) is 54.9 Å². The zero-order valence-electron chi connectivity index (χ0n) is 10.3. The van der Waals surface area contributed by atoms with Crippen LogP contribution in [0, 0.1) is 0 Å². The molecule has 0 spiro atoms. The monoisotopic (exact) mass is 331 g/mol. The minimum absolute atomic E-state index is 0.450. The van der Waals surface area contributed by atoms with Gasteiger partial charge in [-0.2, -0.15) is 5.10 Å². The van der Waals surface area contributed by atoms with Gasteiger partial charge in [-0.05, 0) is 45.8 Å². The molecule has 0 aliphatic carbocycles. The van der Waals surface area contributed by atoms with Gasteiger partial charge in [-0.25, -0.2) is 0 Å². The van der Waals surface area contributed by atoms with Crippen LogP contribution in [0.2, 0.25) is 0 Å². The first-order chi connectivity index (χ1) is 8.62. The van der Waals surface area contributed by atoms with Gasteiger partial charge in [0.1, 0.15) is 0 Å². The standard InChI is InChI=1S/C11H14BrN3O2S/c1-13-11(18)15-14-6-7-4-8(12)10(17-3)9(5-7)16-2/h4-6H,1-3H3,(H2,13,15,18). The largest absolute Gasteiger partial charge is 0.493 e. The number of benzene rings is 1. The summed E-state index contributed by atoms with van der Waals surface area (Å²) in [6, 6.07) is 3.69. The number of hydrazone groups is 1. The quantitative estimate of drug-likeness (QED) is 0.501. The van der Waals surface area contributed by atoms with Crippen molar-refractivity contribution < 1.29 is 9.47 Å². The van der Waals surface area contributed by atoms with Gasteiger partial charge in [-0.3, -0.25) is 5.43 Å². The predicted octanol–water partition coefficient (Wildman–Crippen LogP) is 1.89. The molecule has 0 aromatic heterocycles. The second-order valence-corrected chi connectivity index (χ2v) is 4.45. The van der Waals surface area contributed by atoms with Crippen LogP contribution in [0.25, 0.3) is 0 Å². The van der Waals surface area contributed by atoms with E-state index in [-0.39, 0.29) is 0 Å². The molecule has 5 nitrogen and oxygen atoms in total. The normalized spacial score (nSPS) is 10.2. The van der Waals surface area contributed by atoms with Crippen molar-refractivity contribution in [2.24, 2.45) is 5.10 Å². The Morgan fingerprint density at radius 2 is 2.11 bits per heavy atom. The van der Waals surface area contributed by atoms with E-state index >= 15 is 0 Å². The van der Waals surface area contributed by atoms with E-state index in [2.05, 4.69) is 31.8 Å². The lowest BCUT2D eigenvalue weighted by molar-refractivity contribution is 0.353. The van der Waals surface area contributed by atoms with Gasteiger partial charge in [-0.1, -0.05) is 0 Å². The van der Waals surface area contributed by atoms with Crippen LogP contribution in [0.5, 0.6) is 11.5 Å². The molecule has 0 aliphatic heterocycles. The van der Waals surface area contributed by atoms with Crippen molar-refractivity contribution in [2.75, 3.05) is 21.3 Å². The second-order valence-electron chi connectivity index (χ2n) is 3.19. The Bertz CT molecular complexity index is 466. The molecule has 1 aromatic rings. The lowest BCUT2D eigenvalue weighted by Crippen LogP contribution is -2.28. The molecule has 7 heteroatoms. The van der Waals surface area contributed by atoms with E-state index in [0.29, 0.717) is 16.6 Å². The third-order valence-corrected chi connectivity index (χ3v) is 2.95. The van der Waals surface area contributed by atoms with Crippen LogP contribution in [-0.2, 0) is 0 Å². The fraction of sp³-hybridized carbons (Fsp3) is 0.273. The van der Waals surface area contributed by atoms with Crippen molar-refractivity contribution in [3.63, 3.8) is 0 Å². The molecule has 0 fully saturated rings. The van der Waals surface area contributed by atoms with Gasteiger partial charge in [0.25, 0.3) is 0 Å². The van der Waals surface area contributed by atoms with Crippen molar-refractivity contribution in [3.8, 4) is 11.5 Å². The molecule has 0 saturated carbocycles. The van der Waals surface area contributed by atoms with Crippen LogP contribution in [0.1, 0.15) is 5.56 Å². The Kier molecular flexibility index (Phi) is 5.87. The van der Waals surface area contributed by atoms with Crippen molar-refractivity contribution in [1.82, 2.24) is 10.7 Å². The molecule has 18 heavy (non-hydrogen) atoms. The Morgan fingerprint density at radius 1 is 1.39 bits per heavy atom. The smallest absolute Gasteiger partial charge is 0.186 e. The molecule has 0 saturated heterocycles. The summed E-state index contributed by atoms with van der Waals surface area (Å²) < 4.78 is 11.2. The molecule has 2 N–H and O–H groups in total. The maximum absolute atomic E-state index is 5.23. The van der Waals surface area contributed by atoms with Gasteiger partial charge in [0.15, 0.2) is 16.6 Å². The maximum Gasteiger partial charge on any atom is 0.186 e. The minimum atomic E-state index is 0.450. The van der Waals surface area contributed by atoms with Crippen molar-refractivity contribution >= 4 is 39.5 Å². The number of hydrogen-bond donors (Lipinski definition) is 2. The Morgan fingerprint density at radius 3 is 2.67 bits per heavy atom. The van der Waals surface area contributed by atoms with E-state index < -0.39 is 0 Å². The van der Waals surface area contributed by atoms with Crippen LogP contribution in [0.15, 0.2) is 21.7 Å².